The summed E-state index contributed by atoms with van der Waals surface area (Å²) in [6.45, 7) is 3.37. The van der Waals surface area contributed by atoms with Crippen LogP contribution in [-0.4, -0.2) is 37.2 Å². The van der Waals surface area contributed by atoms with Gasteiger partial charge in [0.2, 0.25) is 0 Å². The van der Waals surface area contributed by atoms with Crippen LogP contribution >= 0.6 is 0 Å². The van der Waals surface area contributed by atoms with Gasteiger partial charge in [-0.3, -0.25) is 4.79 Å². The lowest BCUT2D eigenvalue weighted by atomic mass is 9.86. The molecular formula is C21H21NO3. The third-order valence-corrected chi connectivity index (χ3v) is 4.90. The Labute approximate surface area is 147 Å². The highest BCUT2D eigenvalue weighted by atomic mass is 16.5. The molecule has 128 valence electrons. The van der Waals surface area contributed by atoms with Crippen molar-refractivity contribution < 1.29 is 14.6 Å². The molecule has 1 heterocycles. The molecule has 4 rings (SSSR count). The van der Waals surface area contributed by atoms with Crippen LogP contribution in [0.4, 0.5) is 5.69 Å². The van der Waals surface area contributed by atoms with Crippen molar-refractivity contribution >= 4 is 17.5 Å². The summed E-state index contributed by atoms with van der Waals surface area (Å²) in [4.78, 5) is 15.0. The predicted molar refractivity (Wildman–Crippen MR) is 98.2 cm³/mol. The SMILES string of the molecule is O=C1C(=Cc2ccc(N3CCOCC3)cc2)CCc2ccc(O)cc21. The fourth-order valence-electron chi connectivity index (χ4n) is 3.49. The van der Waals surface area contributed by atoms with Gasteiger partial charge in [-0.2, -0.15) is 0 Å². The second kappa shape index (κ2) is 6.73. The van der Waals surface area contributed by atoms with Crippen molar-refractivity contribution in [2.75, 3.05) is 31.2 Å². The number of Topliss-reactive ketones (excluding diaryl/α,β-unsaturated/α-hetero) is 1. The monoisotopic (exact) mass is 335 g/mol. The summed E-state index contributed by atoms with van der Waals surface area (Å²) in [5.74, 6) is 0.164. The molecule has 2 aromatic rings. The van der Waals surface area contributed by atoms with E-state index < -0.39 is 0 Å². The number of rotatable bonds is 2. The number of aromatic hydroxyl groups is 1. The molecule has 2 aromatic carbocycles. The van der Waals surface area contributed by atoms with Crippen LogP contribution in [0.15, 0.2) is 48.0 Å². The summed E-state index contributed by atoms with van der Waals surface area (Å²) < 4.78 is 5.39. The first kappa shape index (κ1) is 15.9. The minimum absolute atomic E-state index is 0.0226. The lowest BCUT2D eigenvalue weighted by Gasteiger charge is -2.28. The van der Waals surface area contributed by atoms with Crippen LogP contribution in [0.1, 0.15) is 27.9 Å². The minimum atomic E-state index is 0.0226. The van der Waals surface area contributed by atoms with Gasteiger partial charge in [0.1, 0.15) is 5.75 Å². The number of phenolic OH excluding ortho intramolecular Hbond substituents is 1. The Morgan fingerprint density at radius 1 is 1.00 bits per heavy atom. The molecule has 0 atom stereocenters. The van der Waals surface area contributed by atoms with Gasteiger partial charge in [-0.1, -0.05) is 18.2 Å². The number of phenols is 1. The number of nitrogens with zero attached hydrogens (tertiary/aromatic N) is 1. The van der Waals surface area contributed by atoms with Crippen LogP contribution in [0, 0.1) is 0 Å². The highest BCUT2D eigenvalue weighted by Gasteiger charge is 2.22. The fraction of sp³-hybridized carbons (Fsp3) is 0.286. The van der Waals surface area contributed by atoms with E-state index in [0.717, 1.165) is 55.8 Å². The van der Waals surface area contributed by atoms with Gasteiger partial charge in [0.25, 0.3) is 0 Å². The van der Waals surface area contributed by atoms with Crippen molar-refractivity contribution in [1.82, 2.24) is 0 Å². The molecule has 2 aliphatic rings. The first-order valence-electron chi connectivity index (χ1n) is 8.71. The molecule has 0 spiro atoms. The van der Waals surface area contributed by atoms with Gasteiger partial charge < -0.3 is 14.7 Å². The number of allylic oxidation sites excluding steroid dienone is 1. The summed E-state index contributed by atoms with van der Waals surface area (Å²) in [5.41, 5.74) is 4.67. The zero-order valence-corrected chi connectivity index (χ0v) is 14.1. The van der Waals surface area contributed by atoms with E-state index in [0.29, 0.717) is 5.56 Å². The lowest BCUT2D eigenvalue weighted by molar-refractivity contribution is 0.102. The first-order valence-corrected chi connectivity index (χ1v) is 8.71. The zero-order valence-electron chi connectivity index (χ0n) is 14.1. The number of anilines is 1. The summed E-state index contributed by atoms with van der Waals surface area (Å²) in [7, 11) is 0. The van der Waals surface area contributed by atoms with Gasteiger partial charge in [0.05, 0.1) is 13.2 Å². The summed E-state index contributed by atoms with van der Waals surface area (Å²) in [6, 6.07) is 13.4. The normalized spacial score (nSPS) is 19.1. The Kier molecular flexibility index (Phi) is 4.28. The molecule has 0 amide bonds. The molecule has 4 nitrogen and oxygen atoms in total. The largest absolute Gasteiger partial charge is 0.508 e. The van der Waals surface area contributed by atoms with E-state index in [4.69, 9.17) is 4.74 Å². The van der Waals surface area contributed by atoms with Crippen molar-refractivity contribution in [2.24, 2.45) is 0 Å². The van der Waals surface area contributed by atoms with Crippen LogP contribution in [0.5, 0.6) is 5.75 Å². The van der Waals surface area contributed by atoms with E-state index >= 15 is 0 Å². The molecule has 0 unspecified atom stereocenters. The van der Waals surface area contributed by atoms with Gasteiger partial charge in [0.15, 0.2) is 5.78 Å². The van der Waals surface area contributed by atoms with Crippen molar-refractivity contribution in [3.05, 3.63) is 64.7 Å². The standard InChI is InChI=1S/C21H21NO3/c23-19-8-5-16-3-4-17(21(24)20(16)14-19)13-15-1-6-18(7-2-15)22-9-11-25-12-10-22/h1-2,5-8,13-14,23H,3-4,9-12H2. The van der Waals surface area contributed by atoms with Crippen molar-refractivity contribution in [3.8, 4) is 5.75 Å². The number of hydrogen-bond donors (Lipinski definition) is 1. The fourth-order valence-corrected chi connectivity index (χ4v) is 3.49. The van der Waals surface area contributed by atoms with Gasteiger partial charge in [-0.05, 0) is 54.3 Å². The van der Waals surface area contributed by atoms with E-state index in [2.05, 4.69) is 29.2 Å². The molecule has 0 bridgehead atoms. The Bertz CT molecular complexity index is 818. The summed E-state index contributed by atoms with van der Waals surface area (Å²) in [5, 5.41) is 9.65. The van der Waals surface area contributed by atoms with Gasteiger partial charge in [-0.25, -0.2) is 0 Å². The number of fused-ring (bicyclic) bond motifs is 1. The molecular weight excluding hydrogens is 314 g/mol. The number of carbonyl (C=O) groups is 1. The quantitative estimate of drug-likeness (QED) is 0.854. The first-order chi connectivity index (χ1) is 12.2. The number of morpholine rings is 1. The summed E-state index contributed by atoms with van der Waals surface area (Å²) in [6.07, 6.45) is 3.54. The minimum Gasteiger partial charge on any atom is -0.508 e. The topological polar surface area (TPSA) is 49.8 Å². The lowest BCUT2D eigenvalue weighted by Crippen LogP contribution is -2.36. The van der Waals surface area contributed by atoms with Crippen LogP contribution in [0.2, 0.25) is 0 Å². The van der Waals surface area contributed by atoms with Crippen LogP contribution in [0.25, 0.3) is 6.08 Å². The van der Waals surface area contributed by atoms with E-state index in [1.54, 1.807) is 12.1 Å². The number of aryl methyl sites for hydroxylation is 1. The van der Waals surface area contributed by atoms with E-state index in [1.807, 2.05) is 12.1 Å². The molecule has 25 heavy (non-hydrogen) atoms. The van der Waals surface area contributed by atoms with Gasteiger partial charge >= 0.3 is 0 Å². The molecule has 1 aliphatic heterocycles. The highest BCUT2D eigenvalue weighted by Crippen LogP contribution is 2.29. The molecule has 1 aliphatic carbocycles. The van der Waals surface area contributed by atoms with Crippen molar-refractivity contribution in [1.29, 1.82) is 0 Å². The number of carbonyl (C=O) groups excluding carboxylic acids is 1. The number of ether oxygens (including phenoxy) is 1. The van der Waals surface area contributed by atoms with E-state index in [-0.39, 0.29) is 11.5 Å². The molecule has 0 saturated carbocycles. The predicted octanol–water partition coefficient (Wildman–Crippen LogP) is 3.44. The Balaban J connectivity index is 1.55. The second-order valence-corrected chi connectivity index (χ2v) is 6.53. The molecule has 4 heteroatoms. The van der Waals surface area contributed by atoms with Crippen molar-refractivity contribution in [2.45, 2.75) is 12.8 Å². The van der Waals surface area contributed by atoms with Crippen molar-refractivity contribution in [3.63, 3.8) is 0 Å². The maximum atomic E-state index is 12.7. The van der Waals surface area contributed by atoms with Crippen LogP contribution < -0.4 is 4.90 Å². The van der Waals surface area contributed by atoms with Crippen LogP contribution in [-0.2, 0) is 11.2 Å². The van der Waals surface area contributed by atoms with Gasteiger partial charge in [-0.15, -0.1) is 0 Å². The molecule has 1 fully saturated rings. The maximum Gasteiger partial charge on any atom is 0.189 e. The Hall–Kier alpha value is -2.59. The smallest absolute Gasteiger partial charge is 0.189 e. The average molecular weight is 335 g/mol. The van der Waals surface area contributed by atoms with E-state index in [9.17, 15) is 9.90 Å². The molecule has 1 saturated heterocycles. The maximum absolute atomic E-state index is 12.7. The Morgan fingerprint density at radius 2 is 1.76 bits per heavy atom. The van der Waals surface area contributed by atoms with Gasteiger partial charge in [0, 0.05) is 29.9 Å². The third kappa shape index (κ3) is 3.30. The van der Waals surface area contributed by atoms with E-state index in [1.165, 1.54) is 5.69 Å². The second-order valence-electron chi connectivity index (χ2n) is 6.53. The molecule has 1 N–H and O–H groups in total. The Morgan fingerprint density at radius 3 is 2.52 bits per heavy atom. The number of benzene rings is 2. The third-order valence-electron chi connectivity index (χ3n) is 4.90. The number of ketones is 1. The average Bonchev–Trinajstić information content (AvgIpc) is 2.66. The van der Waals surface area contributed by atoms with Crippen LogP contribution in [0.3, 0.4) is 0 Å². The molecule has 0 aromatic heterocycles. The molecule has 0 radical (unpaired) electrons. The number of hydrogen-bond acceptors (Lipinski definition) is 4. The summed E-state index contributed by atoms with van der Waals surface area (Å²) >= 11 is 0. The highest BCUT2D eigenvalue weighted by molar-refractivity contribution is 6.13. The zero-order chi connectivity index (χ0) is 17.2.